The van der Waals surface area contributed by atoms with Crippen molar-refractivity contribution in [2.75, 3.05) is 40.0 Å². The quantitative estimate of drug-likeness (QED) is 0.391. The van der Waals surface area contributed by atoms with Crippen LogP contribution in [-0.2, 0) is 27.3 Å². The predicted octanol–water partition coefficient (Wildman–Crippen LogP) is 3.99. The van der Waals surface area contributed by atoms with Gasteiger partial charge < -0.3 is 14.2 Å². The minimum absolute atomic E-state index is 0.187. The minimum Gasteiger partial charge on any atom is -0.487 e. The summed E-state index contributed by atoms with van der Waals surface area (Å²) in [6.07, 6.45) is 0.187. The number of methoxy groups -OCH3 is 1. The maximum Gasteiger partial charge on any atom is 0.310 e. The van der Waals surface area contributed by atoms with Crippen LogP contribution < -0.4 is 4.74 Å². The number of aromatic nitrogens is 2. The molecule has 0 aliphatic carbocycles. The normalized spacial score (nSPS) is 14.5. The number of para-hydroxylation sites is 1. The third-order valence-corrected chi connectivity index (χ3v) is 6.13. The zero-order valence-electron chi connectivity index (χ0n) is 18.4. The van der Waals surface area contributed by atoms with E-state index in [1.165, 1.54) is 0 Å². The van der Waals surface area contributed by atoms with Crippen molar-refractivity contribution >= 4 is 32.8 Å². The lowest BCUT2D eigenvalue weighted by atomic mass is 10.1. The van der Waals surface area contributed by atoms with Crippen molar-refractivity contribution in [1.82, 2.24) is 14.7 Å². The van der Waals surface area contributed by atoms with Gasteiger partial charge in [0, 0.05) is 42.2 Å². The summed E-state index contributed by atoms with van der Waals surface area (Å²) in [7, 11) is 1.73. The molecule has 1 saturated heterocycles. The van der Waals surface area contributed by atoms with E-state index in [0.29, 0.717) is 25.0 Å². The third-order valence-electron chi connectivity index (χ3n) is 5.63. The fourth-order valence-corrected chi connectivity index (χ4v) is 4.34. The van der Waals surface area contributed by atoms with E-state index < -0.39 is 0 Å². The number of fused-ring (bicyclic) bond motifs is 1. The van der Waals surface area contributed by atoms with E-state index in [2.05, 4.69) is 31.6 Å². The van der Waals surface area contributed by atoms with Gasteiger partial charge in [-0.2, -0.15) is 5.10 Å². The first-order valence-electron chi connectivity index (χ1n) is 10.8. The van der Waals surface area contributed by atoms with Gasteiger partial charge >= 0.3 is 5.97 Å². The van der Waals surface area contributed by atoms with Crippen molar-refractivity contribution in [3.05, 3.63) is 58.2 Å². The van der Waals surface area contributed by atoms with Crippen molar-refractivity contribution in [3.8, 4) is 5.75 Å². The number of nitrogens with zero attached hydrogens (tertiary/aromatic N) is 3. The van der Waals surface area contributed by atoms with Gasteiger partial charge in [-0.15, -0.1) is 0 Å². The van der Waals surface area contributed by atoms with Gasteiger partial charge in [0.1, 0.15) is 12.4 Å². The summed E-state index contributed by atoms with van der Waals surface area (Å²) in [5.74, 6) is 0.431. The molecule has 0 atom stereocenters. The Labute approximate surface area is 196 Å². The van der Waals surface area contributed by atoms with Crippen LogP contribution >= 0.6 is 15.9 Å². The molecular weight excluding hydrogens is 474 g/mol. The van der Waals surface area contributed by atoms with E-state index in [1.807, 2.05) is 43.3 Å². The summed E-state index contributed by atoms with van der Waals surface area (Å²) in [4.78, 5) is 14.4. The van der Waals surface area contributed by atoms with Gasteiger partial charge in [-0.1, -0.05) is 34.1 Å². The summed E-state index contributed by atoms with van der Waals surface area (Å²) in [6, 6.07) is 14.0. The zero-order chi connectivity index (χ0) is 22.5. The molecule has 1 aliphatic rings. The van der Waals surface area contributed by atoms with Gasteiger partial charge in [0.15, 0.2) is 0 Å². The number of carbonyl (C=O) groups excluding carboxylic acids is 1. The lowest BCUT2D eigenvalue weighted by Gasteiger charge is -2.39. The molecule has 0 spiro atoms. The Balaban J connectivity index is 1.55. The van der Waals surface area contributed by atoms with Crippen molar-refractivity contribution < 1.29 is 19.0 Å². The van der Waals surface area contributed by atoms with Gasteiger partial charge in [-0.25, -0.2) is 0 Å². The highest BCUT2D eigenvalue weighted by atomic mass is 79.9. The maximum atomic E-state index is 12.0. The van der Waals surface area contributed by atoms with Gasteiger partial charge in [-0.05, 0) is 31.2 Å². The second-order valence-corrected chi connectivity index (χ2v) is 8.75. The van der Waals surface area contributed by atoms with Crippen LogP contribution in [0.5, 0.6) is 5.75 Å². The van der Waals surface area contributed by atoms with E-state index in [9.17, 15) is 4.79 Å². The summed E-state index contributed by atoms with van der Waals surface area (Å²) in [5, 5.41) is 5.95. The van der Waals surface area contributed by atoms with Crippen LogP contribution in [0.2, 0.25) is 0 Å². The molecule has 1 aromatic heterocycles. The molecule has 8 heteroatoms. The first-order valence-corrected chi connectivity index (χ1v) is 11.6. The third kappa shape index (κ3) is 5.14. The molecule has 4 rings (SSSR count). The molecule has 0 bridgehead atoms. The number of carbonyl (C=O) groups is 1. The number of rotatable bonds is 10. The van der Waals surface area contributed by atoms with Crippen LogP contribution in [0.4, 0.5) is 0 Å². The lowest BCUT2D eigenvalue weighted by Crippen LogP contribution is -2.49. The molecule has 2 aromatic carbocycles. The zero-order valence-corrected chi connectivity index (χ0v) is 20.0. The van der Waals surface area contributed by atoms with Gasteiger partial charge in [-0.3, -0.25) is 14.4 Å². The summed E-state index contributed by atoms with van der Waals surface area (Å²) >= 11 is 3.58. The van der Waals surface area contributed by atoms with Crippen LogP contribution in [0.25, 0.3) is 10.9 Å². The topological polar surface area (TPSA) is 65.8 Å². The number of esters is 1. The molecule has 0 saturated carbocycles. The number of hydrogen-bond acceptors (Lipinski definition) is 6. The SMILES string of the molecule is CCOC(=O)Cc1ccccc1OCc1c2cc(Br)ccc2nn1C1CN(CCOC)C1. The van der Waals surface area contributed by atoms with E-state index in [0.717, 1.165) is 52.9 Å². The van der Waals surface area contributed by atoms with Crippen molar-refractivity contribution in [2.24, 2.45) is 0 Å². The Morgan fingerprint density at radius 3 is 2.81 bits per heavy atom. The molecule has 7 nitrogen and oxygen atoms in total. The van der Waals surface area contributed by atoms with E-state index in [4.69, 9.17) is 19.3 Å². The first-order chi connectivity index (χ1) is 15.6. The Kier molecular flexibility index (Phi) is 7.44. The van der Waals surface area contributed by atoms with Gasteiger partial charge in [0.25, 0.3) is 0 Å². The molecule has 170 valence electrons. The van der Waals surface area contributed by atoms with E-state index >= 15 is 0 Å². The number of hydrogen-bond donors (Lipinski definition) is 0. The van der Waals surface area contributed by atoms with Crippen LogP contribution in [0.3, 0.4) is 0 Å². The highest BCUT2D eigenvalue weighted by Crippen LogP contribution is 2.30. The first kappa shape index (κ1) is 22.8. The second kappa shape index (κ2) is 10.5. The largest absolute Gasteiger partial charge is 0.487 e. The van der Waals surface area contributed by atoms with Gasteiger partial charge in [0.05, 0.1) is 36.9 Å². The predicted molar refractivity (Wildman–Crippen MR) is 126 cm³/mol. The highest BCUT2D eigenvalue weighted by Gasteiger charge is 2.31. The highest BCUT2D eigenvalue weighted by molar-refractivity contribution is 9.10. The van der Waals surface area contributed by atoms with Crippen molar-refractivity contribution in [3.63, 3.8) is 0 Å². The van der Waals surface area contributed by atoms with Crippen LogP contribution in [-0.4, -0.2) is 60.6 Å². The number of halogens is 1. The monoisotopic (exact) mass is 501 g/mol. The number of likely N-dealkylation sites (tertiary alicyclic amines) is 1. The average Bonchev–Trinajstić information content (AvgIpc) is 3.09. The fraction of sp³-hybridized carbons (Fsp3) is 0.417. The smallest absolute Gasteiger partial charge is 0.310 e. The van der Waals surface area contributed by atoms with Crippen molar-refractivity contribution in [1.29, 1.82) is 0 Å². The van der Waals surface area contributed by atoms with Crippen LogP contribution in [0.15, 0.2) is 46.9 Å². The van der Waals surface area contributed by atoms with Crippen LogP contribution in [0.1, 0.15) is 24.2 Å². The fourth-order valence-electron chi connectivity index (χ4n) is 3.98. The molecule has 2 heterocycles. The lowest BCUT2D eigenvalue weighted by molar-refractivity contribution is -0.142. The van der Waals surface area contributed by atoms with Crippen molar-refractivity contribution in [2.45, 2.75) is 26.0 Å². The molecule has 0 unspecified atom stereocenters. The Morgan fingerprint density at radius 1 is 1.22 bits per heavy atom. The standard InChI is InChI=1S/C24H28BrN3O4/c1-3-31-24(29)12-17-6-4-5-7-23(17)32-16-22-20-13-18(25)8-9-21(20)26-28(22)19-14-27(15-19)10-11-30-2/h4-9,13,19H,3,10-12,14-16H2,1-2H3. The molecule has 3 aromatic rings. The average molecular weight is 502 g/mol. The maximum absolute atomic E-state index is 12.0. The molecule has 0 amide bonds. The summed E-state index contributed by atoms with van der Waals surface area (Å²) in [6.45, 7) is 6.06. The molecule has 1 fully saturated rings. The van der Waals surface area contributed by atoms with E-state index in [1.54, 1.807) is 7.11 Å². The molecule has 0 N–H and O–H groups in total. The second-order valence-electron chi connectivity index (χ2n) is 7.84. The number of benzene rings is 2. The summed E-state index contributed by atoms with van der Waals surface area (Å²) < 4.78 is 19.6. The molecule has 0 radical (unpaired) electrons. The van der Waals surface area contributed by atoms with Crippen LogP contribution in [0, 0.1) is 0 Å². The van der Waals surface area contributed by atoms with Gasteiger partial charge in [0.2, 0.25) is 0 Å². The van der Waals surface area contributed by atoms with E-state index in [-0.39, 0.29) is 12.4 Å². The molecule has 1 aliphatic heterocycles. The Bertz CT molecular complexity index is 1080. The minimum atomic E-state index is -0.256. The summed E-state index contributed by atoms with van der Waals surface area (Å²) in [5.41, 5.74) is 2.79. The number of ether oxygens (including phenoxy) is 3. The Hall–Kier alpha value is -2.42. The molecular formula is C24H28BrN3O4. The molecule has 32 heavy (non-hydrogen) atoms. The Morgan fingerprint density at radius 2 is 2.03 bits per heavy atom.